The van der Waals surface area contributed by atoms with Gasteiger partial charge in [0.2, 0.25) is 0 Å². The third-order valence-corrected chi connectivity index (χ3v) is 5.12. The molecular weight excluding hydrogens is 395 g/mol. The van der Waals surface area contributed by atoms with Crippen LogP contribution in [0, 0.1) is 5.82 Å². The molecule has 1 aliphatic rings. The van der Waals surface area contributed by atoms with Crippen molar-refractivity contribution in [3.63, 3.8) is 0 Å². The lowest BCUT2D eigenvalue weighted by Crippen LogP contribution is -2.48. The number of aromatic nitrogens is 2. The zero-order chi connectivity index (χ0) is 20.4. The van der Waals surface area contributed by atoms with Crippen molar-refractivity contribution in [2.45, 2.75) is 0 Å². The molecule has 1 amide bonds. The molecule has 8 heteroatoms. The van der Waals surface area contributed by atoms with Gasteiger partial charge < -0.3 is 14.9 Å². The van der Waals surface area contributed by atoms with Gasteiger partial charge >= 0.3 is 6.09 Å². The van der Waals surface area contributed by atoms with Crippen LogP contribution >= 0.6 is 11.6 Å². The number of carboxylic acid groups (broad SMARTS) is 1. The molecule has 1 fully saturated rings. The first kappa shape index (κ1) is 19.1. The van der Waals surface area contributed by atoms with E-state index in [1.807, 2.05) is 18.2 Å². The van der Waals surface area contributed by atoms with Crippen molar-refractivity contribution >= 4 is 23.5 Å². The highest BCUT2D eigenvalue weighted by molar-refractivity contribution is 6.29. The number of hydrogen-bond acceptors (Lipinski definition) is 4. The fourth-order valence-electron chi connectivity index (χ4n) is 3.38. The Hall–Kier alpha value is -3.19. The molecule has 2 aromatic heterocycles. The highest BCUT2D eigenvalue weighted by Crippen LogP contribution is 2.33. The number of carbonyl (C=O) groups is 1. The average Bonchev–Trinajstić information content (AvgIpc) is 2.74. The molecule has 6 nitrogen and oxygen atoms in total. The monoisotopic (exact) mass is 412 g/mol. The molecule has 0 atom stereocenters. The first-order valence-electron chi connectivity index (χ1n) is 9.13. The van der Waals surface area contributed by atoms with Crippen molar-refractivity contribution in [3.8, 4) is 22.4 Å². The van der Waals surface area contributed by atoms with E-state index in [0.717, 1.165) is 22.5 Å². The molecule has 1 N–H and O–H groups in total. The number of amides is 1. The summed E-state index contributed by atoms with van der Waals surface area (Å²) in [5.74, 6) is 0.451. The molecule has 3 heterocycles. The van der Waals surface area contributed by atoms with Crippen LogP contribution in [-0.4, -0.2) is 52.2 Å². The van der Waals surface area contributed by atoms with Crippen LogP contribution in [0.3, 0.4) is 0 Å². The molecule has 0 radical (unpaired) electrons. The molecule has 1 aromatic carbocycles. The van der Waals surface area contributed by atoms with Gasteiger partial charge in [-0.1, -0.05) is 23.7 Å². The van der Waals surface area contributed by atoms with Gasteiger partial charge in [0.15, 0.2) is 0 Å². The van der Waals surface area contributed by atoms with Gasteiger partial charge in [0.05, 0.1) is 5.69 Å². The lowest BCUT2D eigenvalue weighted by atomic mass is 9.99. The highest BCUT2D eigenvalue weighted by atomic mass is 35.5. The number of pyridine rings is 2. The van der Waals surface area contributed by atoms with Crippen LogP contribution in [0.5, 0.6) is 0 Å². The number of anilines is 1. The molecule has 1 saturated heterocycles. The lowest BCUT2D eigenvalue weighted by Gasteiger charge is -2.34. The first-order valence-corrected chi connectivity index (χ1v) is 9.51. The summed E-state index contributed by atoms with van der Waals surface area (Å²) < 4.78 is 13.4. The van der Waals surface area contributed by atoms with Crippen LogP contribution in [0.2, 0.25) is 5.15 Å². The Morgan fingerprint density at radius 2 is 1.72 bits per heavy atom. The van der Waals surface area contributed by atoms with E-state index >= 15 is 0 Å². The van der Waals surface area contributed by atoms with E-state index in [9.17, 15) is 9.18 Å². The Balaban J connectivity index is 1.74. The zero-order valence-corrected chi connectivity index (χ0v) is 16.2. The van der Waals surface area contributed by atoms with Crippen LogP contribution in [0.15, 0.2) is 54.7 Å². The maximum absolute atomic E-state index is 13.4. The maximum atomic E-state index is 13.4. The third kappa shape index (κ3) is 4.14. The normalized spacial score (nSPS) is 14.1. The summed E-state index contributed by atoms with van der Waals surface area (Å²) in [4.78, 5) is 23.5. The Kier molecular flexibility index (Phi) is 5.31. The number of piperazine rings is 1. The molecule has 0 aliphatic carbocycles. The van der Waals surface area contributed by atoms with Crippen molar-refractivity contribution in [1.29, 1.82) is 0 Å². The van der Waals surface area contributed by atoms with Crippen LogP contribution in [0.1, 0.15) is 0 Å². The topological polar surface area (TPSA) is 69.6 Å². The number of rotatable bonds is 3. The standard InChI is InChI=1S/C21H18ClFN4O2/c22-18-13-15(7-8-24-18)20-17(14-1-3-16(23)4-2-14)5-6-19(25-20)26-9-11-27(12-10-26)21(28)29/h1-8,13H,9-12H2,(H,28,29). The van der Waals surface area contributed by atoms with E-state index in [0.29, 0.717) is 37.0 Å². The summed E-state index contributed by atoms with van der Waals surface area (Å²) in [6.45, 7) is 1.97. The Labute approximate surface area is 172 Å². The van der Waals surface area contributed by atoms with Crippen LogP contribution in [0.25, 0.3) is 22.4 Å². The second-order valence-electron chi connectivity index (χ2n) is 6.70. The highest BCUT2D eigenvalue weighted by Gasteiger charge is 2.22. The van der Waals surface area contributed by atoms with Gasteiger partial charge in [0, 0.05) is 43.5 Å². The fraction of sp³-hybridized carbons (Fsp3) is 0.190. The minimum absolute atomic E-state index is 0.303. The van der Waals surface area contributed by atoms with E-state index in [1.54, 1.807) is 24.4 Å². The molecular formula is C21H18ClFN4O2. The zero-order valence-electron chi connectivity index (χ0n) is 15.4. The van der Waals surface area contributed by atoms with Crippen molar-refractivity contribution < 1.29 is 14.3 Å². The quantitative estimate of drug-likeness (QED) is 0.645. The summed E-state index contributed by atoms with van der Waals surface area (Å²) in [6.07, 6.45) is 0.711. The van der Waals surface area contributed by atoms with E-state index < -0.39 is 6.09 Å². The van der Waals surface area contributed by atoms with Crippen molar-refractivity contribution in [3.05, 3.63) is 65.7 Å². The molecule has 0 saturated carbocycles. The molecule has 0 spiro atoms. The predicted octanol–water partition coefficient (Wildman–Crippen LogP) is 4.40. The fourth-order valence-corrected chi connectivity index (χ4v) is 3.56. The number of halogens is 2. The summed E-state index contributed by atoms with van der Waals surface area (Å²) >= 11 is 6.09. The van der Waals surface area contributed by atoms with E-state index in [1.165, 1.54) is 17.0 Å². The molecule has 1 aliphatic heterocycles. The van der Waals surface area contributed by atoms with Crippen LogP contribution < -0.4 is 4.90 Å². The molecule has 29 heavy (non-hydrogen) atoms. The Morgan fingerprint density at radius 3 is 2.38 bits per heavy atom. The Bertz CT molecular complexity index is 1040. The van der Waals surface area contributed by atoms with Crippen molar-refractivity contribution in [1.82, 2.24) is 14.9 Å². The molecule has 0 unspecified atom stereocenters. The third-order valence-electron chi connectivity index (χ3n) is 4.91. The van der Waals surface area contributed by atoms with Crippen molar-refractivity contribution in [2.24, 2.45) is 0 Å². The molecule has 4 rings (SSSR count). The number of nitrogens with zero attached hydrogens (tertiary/aromatic N) is 4. The largest absolute Gasteiger partial charge is 0.465 e. The van der Waals surface area contributed by atoms with Gasteiger partial charge in [0.1, 0.15) is 16.8 Å². The smallest absolute Gasteiger partial charge is 0.407 e. The minimum atomic E-state index is -0.906. The second-order valence-corrected chi connectivity index (χ2v) is 7.08. The first-order chi connectivity index (χ1) is 14.0. The summed E-state index contributed by atoms with van der Waals surface area (Å²) in [5.41, 5.74) is 3.19. The van der Waals surface area contributed by atoms with Gasteiger partial charge in [-0.05, 0) is 42.0 Å². The lowest BCUT2D eigenvalue weighted by molar-refractivity contribution is 0.142. The second kappa shape index (κ2) is 8.05. The minimum Gasteiger partial charge on any atom is -0.465 e. The SMILES string of the molecule is O=C(O)N1CCN(c2ccc(-c3ccc(F)cc3)c(-c3ccnc(Cl)c3)n2)CC1. The van der Waals surface area contributed by atoms with E-state index in [2.05, 4.69) is 9.88 Å². The van der Waals surface area contributed by atoms with Gasteiger partial charge in [-0.2, -0.15) is 0 Å². The summed E-state index contributed by atoms with van der Waals surface area (Å²) in [5, 5.41) is 9.50. The Morgan fingerprint density at radius 1 is 1.00 bits per heavy atom. The maximum Gasteiger partial charge on any atom is 0.407 e. The molecule has 148 valence electrons. The number of benzene rings is 1. The summed E-state index contributed by atoms with van der Waals surface area (Å²) in [6, 6.07) is 13.7. The van der Waals surface area contributed by atoms with Crippen LogP contribution in [0.4, 0.5) is 15.0 Å². The van der Waals surface area contributed by atoms with Gasteiger partial charge in [-0.3, -0.25) is 0 Å². The van der Waals surface area contributed by atoms with Gasteiger partial charge in [-0.25, -0.2) is 19.2 Å². The molecule has 3 aromatic rings. The number of hydrogen-bond donors (Lipinski definition) is 1. The summed E-state index contributed by atoms with van der Waals surface area (Å²) in [7, 11) is 0. The van der Waals surface area contributed by atoms with E-state index in [-0.39, 0.29) is 5.82 Å². The van der Waals surface area contributed by atoms with Crippen molar-refractivity contribution in [2.75, 3.05) is 31.1 Å². The average molecular weight is 413 g/mol. The molecule has 0 bridgehead atoms. The van der Waals surface area contributed by atoms with Gasteiger partial charge in [0.25, 0.3) is 0 Å². The van der Waals surface area contributed by atoms with Crippen LogP contribution in [-0.2, 0) is 0 Å². The van der Waals surface area contributed by atoms with E-state index in [4.69, 9.17) is 21.7 Å². The van der Waals surface area contributed by atoms with Gasteiger partial charge in [-0.15, -0.1) is 0 Å². The predicted molar refractivity (Wildman–Crippen MR) is 110 cm³/mol.